The molecule has 76 valence electrons. The highest BCUT2D eigenvalue weighted by atomic mass is 19.1. The van der Waals surface area contributed by atoms with Crippen molar-refractivity contribution in [2.24, 2.45) is 5.90 Å². The van der Waals surface area contributed by atoms with Crippen molar-refractivity contribution in [1.82, 2.24) is 0 Å². The number of nitro benzene ring substituents is 1. The molecule has 0 saturated heterocycles. The Bertz CT molecular complexity index is 369. The number of nitro groups is 1. The van der Waals surface area contributed by atoms with Gasteiger partial charge >= 0.3 is 5.69 Å². The van der Waals surface area contributed by atoms with Gasteiger partial charge < -0.3 is 5.11 Å². The molecule has 0 aliphatic heterocycles. The topological polar surface area (TPSA) is 98.6 Å². The van der Waals surface area contributed by atoms with E-state index >= 15 is 0 Å². The summed E-state index contributed by atoms with van der Waals surface area (Å²) in [7, 11) is 0. The maximum absolute atomic E-state index is 12.8. The first-order chi connectivity index (χ1) is 6.56. The van der Waals surface area contributed by atoms with E-state index in [0.717, 1.165) is 6.07 Å². The fraction of sp³-hybridized carbons (Fsp3) is 0.143. The zero-order valence-electron chi connectivity index (χ0n) is 6.94. The van der Waals surface area contributed by atoms with Gasteiger partial charge in [-0.3, -0.25) is 15.0 Å². The molecule has 1 aromatic carbocycles. The third-order valence-corrected chi connectivity index (χ3v) is 1.57. The number of nitrogens with zero attached hydrogens (tertiary/aromatic N) is 1. The number of aromatic hydroxyl groups is 1. The van der Waals surface area contributed by atoms with Crippen LogP contribution in [0.25, 0.3) is 0 Å². The highest BCUT2D eigenvalue weighted by Gasteiger charge is 2.18. The first-order valence-corrected chi connectivity index (χ1v) is 3.53. The van der Waals surface area contributed by atoms with Crippen LogP contribution in [0.1, 0.15) is 5.56 Å². The van der Waals surface area contributed by atoms with E-state index in [9.17, 15) is 19.6 Å². The van der Waals surface area contributed by atoms with Crippen LogP contribution in [0.15, 0.2) is 12.1 Å². The molecule has 0 aliphatic carbocycles. The fourth-order valence-corrected chi connectivity index (χ4v) is 0.979. The van der Waals surface area contributed by atoms with Crippen LogP contribution in [0.4, 0.5) is 10.1 Å². The van der Waals surface area contributed by atoms with E-state index in [4.69, 9.17) is 5.90 Å². The van der Waals surface area contributed by atoms with Crippen molar-refractivity contribution < 1.29 is 19.3 Å². The van der Waals surface area contributed by atoms with Gasteiger partial charge in [0.2, 0.25) is 0 Å². The molecule has 0 amide bonds. The highest BCUT2D eigenvalue weighted by Crippen LogP contribution is 2.30. The molecule has 6 nitrogen and oxygen atoms in total. The van der Waals surface area contributed by atoms with Gasteiger partial charge in [-0.1, -0.05) is 0 Å². The normalized spacial score (nSPS) is 10.1. The summed E-state index contributed by atoms with van der Waals surface area (Å²) < 4.78 is 12.8. The third-order valence-electron chi connectivity index (χ3n) is 1.57. The van der Waals surface area contributed by atoms with Crippen molar-refractivity contribution in [2.75, 3.05) is 0 Å². The maximum Gasteiger partial charge on any atom is 0.314 e. The molecule has 1 aromatic rings. The number of phenolic OH excluding ortho intramolecular Hbond substituents is 1. The van der Waals surface area contributed by atoms with Crippen molar-refractivity contribution >= 4 is 5.69 Å². The summed E-state index contributed by atoms with van der Waals surface area (Å²) in [6.45, 7) is -0.301. The molecular formula is C7H7FN2O4. The molecule has 0 aliphatic rings. The fourth-order valence-electron chi connectivity index (χ4n) is 0.979. The van der Waals surface area contributed by atoms with E-state index in [2.05, 4.69) is 4.84 Å². The Balaban J connectivity index is 3.24. The lowest BCUT2D eigenvalue weighted by Crippen LogP contribution is -2.01. The van der Waals surface area contributed by atoms with Gasteiger partial charge in [-0.2, -0.15) is 0 Å². The zero-order chi connectivity index (χ0) is 10.7. The zero-order valence-corrected chi connectivity index (χ0v) is 6.94. The molecule has 3 N–H and O–H groups in total. The molecule has 0 aromatic heterocycles. The van der Waals surface area contributed by atoms with E-state index in [1.165, 1.54) is 0 Å². The van der Waals surface area contributed by atoms with Gasteiger partial charge in [0.25, 0.3) is 0 Å². The largest absolute Gasteiger partial charge is 0.502 e. The molecule has 0 bridgehead atoms. The monoisotopic (exact) mass is 202 g/mol. The van der Waals surface area contributed by atoms with Gasteiger partial charge in [-0.25, -0.2) is 10.3 Å². The lowest BCUT2D eigenvalue weighted by Gasteiger charge is -2.03. The van der Waals surface area contributed by atoms with Crippen molar-refractivity contribution in [3.05, 3.63) is 33.6 Å². The number of rotatable bonds is 3. The second-order valence-electron chi connectivity index (χ2n) is 2.50. The predicted molar refractivity (Wildman–Crippen MR) is 43.7 cm³/mol. The standard InChI is InChI=1S/C7H7FN2O4/c8-5-1-4(3-14-9)7(11)6(2-5)10(12)13/h1-2,11H,3,9H2. The average molecular weight is 202 g/mol. The van der Waals surface area contributed by atoms with Crippen LogP contribution in [-0.4, -0.2) is 10.0 Å². The van der Waals surface area contributed by atoms with E-state index in [1.807, 2.05) is 0 Å². The summed E-state index contributed by atoms with van der Waals surface area (Å²) in [5.41, 5.74) is -0.781. The van der Waals surface area contributed by atoms with Crippen LogP contribution >= 0.6 is 0 Å². The summed E-state index contributed by atoms with van der Waals surface area (Å²) in [5.74, 6) is 3.23. The Morgan fingerprint density at radius 3 is 2.79 bits per heavy atom. The minimum absolute atomic E-state index is 0.0702. The van der Waals surface area contributed by atoms with Crippen LogP contribution in [0.5, 0.6) is 5.75 Å². The van der Waals surface area contributed by atoms with Gasteiger partial charge in [0.15, 0.2) is 5.75 Å². The number of benzene rings is 1. The number of hydrogen-bond acceptors (Lipinski definition) is 5. The lowest BCUT2D eigenvalue weighted by molar-refractivity contribution is -0.386. The number of halogens is 1. The molecule has 0 saturated carbocycles. The highest BCUT2D eigenvalue weighted by molar-refractivity contribution is 5.50. The smallest absolute Gasteiger partial charge is 0.314 e. The summed E-state index contributed by atoms with van der Waals surface area (Å²) in [6, 6.07) is 1.53. The van der Waals surface area contributed by atoms with Crippen molar-refractivity contribution in [1.29, 1.82) is 0 Å². The number of hydrogen-bond donors (Lipinski definition) is 2. The van der Waals surface area contributed by atoms with Gasteiger partial charge in [0.1, 0.15) is 5.82 Å². The minimum atomic E-state index is -0.890. The van der Waals surface area contributed by atoms with Gasteiger partial charge in [0.05, 0.1) is 17.6 Å². The van der Waals surface area contributed by atoms with Crippen molar-refractivity contribution in [3.63, 3.8) is 0 Å². The molecule has 0 radical (unpaired) electrons. The van der Waals surface area contributed by atoms with Crippen molar-refractivity contribution in [3.8, 4) is 5.75 Å². The maximum atomic E-state index is 12.8. The first kappa shape index (κ1) is 10.4. The number of nitrogens with two attached hydrogens (primary N) is 1. The molecular weight excluding hydrogens is 195 g/mol. The van der Waals surface area contributed by atoms with Crippen LogP contribution in [-0.2, 0) is 11.4 Å². The van der Waals surface area contributed by atoms with Gasteiger partial charge in [0, 0.05) is 5.56 Å². The molecule has 7 heteroatoms. The van der Waals surface area contributed by atoms with Crippen molar-refractivity contribution in [2.45, 2.75) is 6.61 Å². The summed E-state index contributed by atoms with van der Waals surface area (Å²) in [5, 5.41) is 19.6. The summed E-state index contributed by atoms with van der Waals surface area (Å²) >= 11 is 0. The van der Waals surface area contributed by atoms with Gasteiger partial charge in [-0.15, -0.1) is 0 Å². The Kier molecular flexibility index (Phi) is 2.95. The molecule has 1 rings (SSSR count). The second-order valence-corrected chi connectivity index (χ2v) is 2.50. The second kappa shape index (κ2) is 3.99. The molecule has 0 atom stereocenters. The lowest BCUT2D eigenvalue weighted by atomic mass is 10.2. The minimum Gasteiger partial charge on any atom is -0.502 e. The molecule has 0 fully saturated rings. The summed E-state index contributed by atoms with van der Waals surface area (Å²) in [4.78, 5) is 13.6. The van der Waals surface area contributed by atoms with Gasteiger partial charge in [-0.05, 0) is 6.07 Å². The Morgan fingerprint density at radius 2 is 2.29 bits per heavy atom. The molecule has 14 heavy (non-hydrogen) atoms. The summed E-state index contributed by atoms with van der Waals surface area (Å²) in [6.07, 6.45) is 0. The number of phenols is 1. The third kappa shape index (κ3) is 1.95. The van der Waals surface area contributed by atoms with E-state index in [0.29, 0.717) is 6.07 Å². The van der Waals surface area contributed by atoms with E-state index in [1.54, 1.807) is 0 Å². The average Bonchev–Trinajstić information content (AvgIpc) is 2.10. The van der Waals surface area contributed by atoms with Crippen LogP contribution in [0, 0.1) is 15.9 Å². The Morgan fingerprint density at radius 1 is 1.64 bits per heavy atom. The first-order valence-electron chi connectivity index (χ1n) is 3.53. The van der Waals surface area contributed by atoms with E-state index < -0.39 is 22.2 Å². The van der Waals surface area contributed by atoms with Crippen LogP contribution in [0.3, 0.4) is 0 Å². The molecule has 0 unspecified atom stereocenters. The van der Waals surface area contributed by atoms with Crippen LogP contribution < -0.4 is 5.90 Å². The Hall–Kier alpha value is -1.73. The van der Waals surface area contributed by atoms with E-state index in [-0.39, 0.29) is 12.2 Å². The molecule has 0 spiro atoms. The Labute approximate surface area is 77.8 Å². The molecule has 0 heterocycles. The van der Waals surface area contributed by atoms with Crippen LogP contribution in [0.2, 0.25) is 0 Å². The predicted octanol–water partition coefficient (Wildman–Crippen LogP) is 0.830. The SMILES string of the molecule is NOCc1cc(F)cc([N+](=O)[O-])c1O. The quantitative estimate of drug-likeness (QED) is 0.558.